The third kappa shape index (κ3) is 1.74. The Balaban J connectivity index is 2.31. The van der Waals surface area contributed by atoms with E-state index in [1.54, 1.807) is 11.8 Å². The van der Waals surface area contributed by atoms with Crippen molar-refractivity contribution in [2.75, 3.05) is 6.54 Å². The molecule has 5 nitrogen and oxygen atoms in total. The van der Waals surface area contributed by atoms with Crippen LogP contribution in [0.25, 0.3) is 0 Å². The van der Waals surface area contributed by atoms with Crippen LogP contribution in [-0.4, -0.2) is 32.0 Å². The molecule has 0 fully saturated rings. The van der Waals surface area contributed by atoms with Crippen LogP contribution in [-0.2, 0) is 19.3 Å². The predicted molar refractivity (Wildman–Crippen MR) is 48.8 cm³/mol. The minimum absolute atomic E-state index is 0.160. The molecule has 16 heavy (non-hydrogen) atoms. The lowest BCUT2D eigenvalue weighted by atomic mass is 10.3. The van der Waals surface area contributed by atoms with Gasteiger partial charge in [-0.3, -0.25) is 5.41 Å². The Labute approximate surface area is 89.4 Å². The molecule has 2 rings (SSSR count). The number of rotatable bonds is 0. The van der Waals surface area contributed by atoms with Gasteiger partial charge >= 0.3 is 6.18 Å². The van der Waals surface area contributed by atoms with E-state index in [1.807, 2.05) is 0 Å². The smallest absolute Gasteiger partial charge is 0.351 e. The second kappa shape index (κ2) is 3.46. The van der Waals surface area contributed by atoms with E-state index in [1.165, 1.54) is 0 Å². The highest BCUT2D eigenvalue weighted by molar-refractivity contribution is 5.76. The van der Waals surface area contributed by atoms with Crippen molar-refractivity contribution < 1.29 is 13.2 Å². The van der Waals surface area contributed by atoms with Gasteiger partial charge in [0.05, 0.1) is 12.4 Å². The van der Waals surface area contributed by atoms with Gasteiger partial charge in [-0.15, -0.1) is 10.2 Å². The lowest BCUT2D eigenvalue weighted by Crippen LogP contribution is -2.37. The van der Waals surface area contributed by atoms with Crippen molar-refractivity contribution in [1.29, 1.82) is 5.41 Å². The van der Waals surface area contributed by atoms with Gasteiger partial charge in [0.15, 0.2) is 5.82 Å². The Morgan fingerprint density at radius 2 is 2.00 bits per heavy atom. The average molecular weight is 233 g/mol. The molecule has 0 spiro atoms. The summed E-state index contributed by atoms with van der Waals surface area (Å²) < 4.78 is 38.5. The number of hydrogen-bond acceptors (Lipinski definition) is 3. The number of fused-ring (bicyclic) bond motifs is 1. The molecule has 0 bridgehead atoms. The van der Waals surface area contributed by atoms with Crippen LogP contribution in [0.1, 0.15) is 18.6 Å². The third-order valence-electron chi connectivity index (χ3n) is 2.48. The number of aromatic nitrogens is 3. The summed E-state index contributed by atoms with van der Waals surface area (Å²) in [4.78, 5) is 1.66. The molecule has 0 amide bonds. The molecule has 2 heterocycles. The van der Waals surface area contributed by atoms with Gasteiger partial charge in [0, 0.05) is 13.1 Å². The van der Waals surface area contributed by atoms with Crippen molar-refractivity contribution in [1.82, 2.24) is 19.7 Å². The van der Waals surface area contributed by atoms with E-state index >= 15 is 0 Å². The van der Waals surface area contributed by atoms with Crippen molar-refractivity contribution in [3.05, 3.63) is 11.6 Å². The van der Waals surface area contributed by atoms with Crippen molar-refractivity contribution in [3.63, 3.8) is 0 Å². The fraction of sp³-hybridized carbons (Fsp3) is 0.625. The second-order valence-corrected chi connectivity index (χ2v) is 3.60. The standard InChI is InChI=1S/C8H10F3N5/c1-5(12)15-2-3-16-6(4-15)13-14-7(16)8(9,10)11/h12H,2-4H2,1H3. The maximum atomic E-state index is 12.5. The number of nitrogens with one attached hydrogen (secondary N) is 1. The molecule has 0 aliphatic carbocycles. The summed E-state index contributed by atoms with van der Waals surface area (Å²) in [6, 6.07) is 0. The first kappa shape index (κ1) is 10.9. The van der Waals surface area contributed by atoms with Gasteiger partial charge in [0.2, 0.25) is 5.82 Å². The lowest BCUT2D eigenvalue weighted by Gasteiger charge is -2.28. The normalized spacial score (nSPS) is 16.1. The summed E-state index contributed by atoms with van der Waals surface area (Å²) in [5.74, 6) is -0.377. The summed E-state index contributed by atoms with van der Waals surface area (Å²) in [6.45, 7) is 2.34. The van der Waals surface area contributed by atoms with Gasteiger partial charge in [-0.2, -0.15) is 13.2 Å². The lowest BCUT2D eigenvalue weighted by molar-refractivity contribution is -0.147. The van der Waals surface area contributed by atoms with Crippen LogP contribution in [0.4, 0.5) is 13.2 Å². The first-order chi connectivity index (χ1) is 7.39. The zero-order valence-corrected chi connectivity index (χ0v) is 8.54. The quantitative estimate of drug-likeness (QED) is 0.539. The zero-order chi connectivity index (χ0) is 11.9. The number of hydrogen-bond donors (Lipinski definition) is 1. The minimum atomic E-state index is -4.47. The first-order valence-electron chi connectivity index (χ1n) is 4.69. The summed E-state index contributed by atoms with van der Waals surface area (Å²) in [5, 5.41) is 14.1. The minimum Gasteiger partial charge on any atom is -0.351 e. The van der Waals surface area contributed by atoms with Crippen molar-refractivity contribution >= 4 is 5.84 Å². The van der Waals surface area contributed by atoms with Gasteiger partial charge in [0.1, 0.15) is 0 Å². The molecule has 88 valence electrons. The molecule has 1 N–H and O–H groups in total. The highest BCUT2D eigenvalue weighted by atomic mass is 19.4. The fourth-order valence-electron chi connectivity index (χ4n) is 1.65. The molecule has 0 atom stereocenters. The Hall–Kier alpha value is -1.60. The van der Waals surface area contributed by atoms with Gasteiger partial charge < -0.3 is 9.47 Å². The summed E-state index contributed by atoms with van der Waals surface area (Å²) in [5.41, 5.74) is 0. The van der Waals surface area contributed by atoms with E-state index in [2.05, 4.69) is 10.2 Å². The zero-order valence-electron chi connectivity index (χ0n) is 8.54. The van der Waals surface area contributed by atoms with Gasteiger partial charge in [-0.05, 0) is 6.92 Å². The Morgan fingerprint density at radius 3 is 2.56 bits per heavy atom. The summed E-state index contributed by atoms with van der Waals surface area (Å²) in [7, 11) is 0. The van der Waals surface area contributed by atoms with E-state index in [9.17, 15) is 13.2 Å². The molecule has 0 saturated carbocycles. The van der Waals surface area contributed by atoms with E-state index in [0.29, 0.717) is 12.4 Å². The average Bonchev–Trinajstić information content (AvgIpc) is 2.58. The largest absolute Gasteiger partial charge is 0.451 e. The van der Waals surface area contributed by atoms with E-state index < -0.39 is 12.0 Å². The van der Waals surface area contributed by atoms with Crippen molar-refractivity contribution in [2.24, 2.45) is 0 Å². The topological polar surface area (TPSA) is 57.8 Å². The molecular weight excluding hydrogens is 223 g/mol. The molecule has 1 aromatic rings. The van der Waals surface area contributed by atoms with Crippen LogP contribution in [0.2, 0.25) is 0 Å². The highest BCUT2D eigenvalue weighted by Gasteiger charge is 2.39. The number of amidine groups is 1. The maximum Gasteiger partial charge on any atom is 0.451 e. The van der Waals surface area contributed by atoms with Crippen molar-refractivity contribution in [3.8, 4) is 0 Å². The molecule has 1 aliphatic heterocycles. The van der Waals surface area contributed by atoms with E-state index in [4.69, 9.17) is 5.41 Å². The fourth-order valence-corrected chi connectivity index (χ4v) is 1.65. The van der Waals surface area contributed by atoms with Gasteiger partial charge in [-0.25, -0.2) is 0 Å². The molecule has 8 heteroatoms. The predicted octanol–water partition coefficient (Wildman–Crippen LogP) is 1.11. The molecule has 0 radical (unpaired) electrons. The number of nitrogens with zero attached hydrogens (tertiary/aromatic N) is 4. The Bertz CT molecular complexity index is 422. The van der Waals surface area contributed by atoms with E-state index in [-0.39, 0.29) is 18.9 Å². The van der Waals surface area contributed by atoms with Gasteiger partial charge in [0.25, 0.3) is 0 Å². The van der Waals surface area contributed by atoms with Crippen LogP contribution in [0, 0.1) is 5.41 Å². The summed E-state index contributed by atoms with van der Waals surface area (Å²) in [6.07, 6.45) is -4.47. The molecule has 0 aromatic carbocycles. The van der Waals surface area contributed by atoms with Crippen LogP contribution in [0.15, 0.2) is 0 Å². The molecular formula is C8H10F3N5. The molecule has 0 unspecified atom stereocenters. The van der Waals surface area contributed by atoms with Crippen molar-refractivity contribution in [2.45, 2.75) is 26.2 Å². The van der Waals surface area contributed by atoms with Crippen LogP contribution >= 0.6 is 0 Å². The SMILES string of the molecule is CC(=N)N1CCn2c(nnc2C(F)(F)F)C1. The maximum absolute atomic E-state index is 12.5. The Morgan fingerprint density at radius 1 is 1.31 bits per heavy atom. The van der Waals surface area contributed by atoms with Crippen LogP contribution in [0.3, 0.4) is 0 Å². The monoisotopic (exact) mass is 233 g/mol. The highest BCUT2D eigenvalue weighted by Crippen LogP contribution is 2.29. The number of halogens is 3. The molecule has 1 aromatic heterocycles. The van der Waals surface area contributed by atoms with Gasteiger partial charge in [-0.1, -0.05) is 0 Å². The van der Waals surface area contributed by atoms with Crippen LogP contribution < -0.4 is 0 Å². The first-order valence-corrected chi connectivity index (χ1v) is 4.69. The second-order valence-electron chi connectivity index (χ2n) is 3.60. The Kier molecular flexibility index (Phi) is 2.36. The van der Waals surface area contributed by atoms with E-state index in [0.717, 1.165) is 4.57 Å². The summed E-state index contributed by atoms with van der Waals surface area (Å²) >= 11 is 0. The van der Waals surface area contributed by atoms with Crippen LogP contribution in [0.5, 0.6) is 0 Å². The number of alkyl halides is 3. The third-order valence-corrected chi connectivity index (χ3v) is 2.48. The molecule has 0 saturated heterocycles. The molecule has 1 aliphatic rings.